The van der Waals surface area contributed by atoms with Gasteiger partial charge >= 0.3 is 0 Å². The molecular weight excluding hydrogens is 328 g/mol. The minimum Gasteiger partial charge on any atom is -0.463 e. The molecule has 0 radical (unpaired) electrons. The van der Waals surface area contributed by atoms with E-state index in [1.807, 2.05) is 48.6 Å². The summed E-state index contributed by atoms with van der Waals surface area (Å²) >= 11 is 0. The van der Waals surface area contributed by atoms with Crippen LogP contribution in [0.3, 0.4) is 0 Å². The molecule has 1 aliphatic rings. The Bertz CT molecular complexity index is 857. The van der Waals surface area contributed by atoms with Crippen molar-refractivity contribution in [2.45, 2.75) is 6.04 Å². The van der Waals surface area contributed by atoms with Gasteiger partial charge in [-0.3, -0.25) is 9.48 Å². The topological polar surface area (TPSA) is 63.3 Å². The van der Waals surface area contributed by atoms with Crippen LogP contribution in [0.1, 0.15) is 22.0 Å². The maximum absolute atomic E-state index is 13.1. The third kappa shape index (κ3) is 2.79. The van der Waals surface area contributed by atoms with Crippen LogP contribution in [0.2, 0.25) is 0 Å². The van der Waals surface area contributed by atoms with E-state index in [-0.39, 0.29) is 24.4 Å². The summed E-state index contributed by atoms with van der Waals surface area (Å²) in [5, 5.41) is 8.45. The molecule has 3 heterocycles. The first-order valence-electron chi connectivity index (χ1n) is 7.70. The summed E-state index contributed by atoms with van der Waals surface area (Å²) in [6.45, 7) is 2.18. The van der Waals surface area contributed by atoms with Gasteiger partial charge in [0, 0.05) is 43.8 Å². The number of nitrogens with one attached hydrogen (secondary N) is 1. The van der Waals surface area contributed by atoms with E-state index in [9.17, 15) is 4.79 Å². The number of piperazine rings is 1. The highest BCUT2D eigenvalue weighted by molar-refractivity contribution is 6.06. The zero-order valence-corrected chi connectivity index (χ0v) is 14.1. The van der Waals surface area contributed by atoms with Crippen LogP contribution < -0.4 is 5.32 Å². The molecule has 2 aromatic heterocycles. The lowest BCUT2D eigenvalue weighted by atomic mass is 10.0. The van der Waals surface area contributed by atoms with Gasteiger partial charge in [-0.25, -0.2) is 0 Å². The second-order valence-electron chi connectivity index (χ2n) is 5.81. The van der Waals surface area contributed by atoms with Gasteiger partial charge in [-0.05, 0) is 6.07 Å². The Kier molecular flexibility index (Phi) is 4.59. The number of aryl methyl sites for hydroxylation is 1. The molecule has 7 heteroatoms. The monoisotopic (exact) mass is 346 g/mol. The molecule has 0 spiro atoms. The van der Waals surface area contributed by atoms with Crippen molar-refractivity contribution in [1.82, 2.24) is 20.0 Å². The number of fused-ring (bicyclic) bond motifs is 1. The predicted octanol–water partition coefficient (Wildman–Crippen LogP) is 2.37. The smallest absolute Gasteiger partial charge is 0.258 e. The Hall–Kier alpha value is -2.31. The maximum Gasteiger partial charge on any atom is 0.258 e. The molecule has 1 unspecified atom stereocenters. The molecule has 6 nitrogen and oxygen atoms in total. The third-order valence-electron chi connectivity index (χ3n) is 4.33. The average molecular weight is 347 g/mol. The lowest BCUT2D eigenvalue weighted by Gasteiger charge is -2.35. The lowest BCUT2D eigenvalue weighted by Crippen LogP contribution is -2.48. The number of nitrogens with zero attached hydrogens (tertiary/aromatic N) is 3. The molecule has 1 atom stereocenters. The van der Waals surface area contributed by atoms with E-state index in [0.717, 1.165) is 29.6 Å². The van der Waals surface area contributed by atoms with Crippen molar-refractivity contribution in [2.24, 2.45) is 7.05 Å². The summed E-state index contributed by atoms with van der Waals surface area (Å²) in [7, 11) is 1.88. The van der Waals surface area contributed by atoms with Crippen LogP contribution in [-0.2, 0) is 7.05 Å². The highest BCUT2D eigenvalue weighted by Crippen LogP contribution is 2.27. The van der Waals surface area contributed by atoms with Gasteiger partial charge in [0.1, 0.15) is 11.8 Å². The zero-order chi connectivity index (χ0) is 15.8. The number of carbonyl (C=O) groups is 1. The van der Waals surface area contributed by atoms with E-state index >= 15 is 0 Å². The Balaban J connectivity index is 0.00000169. The molecule has 1 saturated heterocycles. The molecule has 0 bridgehead atoms. The van der Waals surface area contributed by atoms with Crippen molar-refractivity contribution in [2.75, 3.05) is 19.6 Å². The second-order valence-corrected chi connectivity index (χ2v) is 5.81. The molecule has 0 aliphatic carbocycles. The fourth-order valence-electron chi connectivity index (χ4n) is 3.16. The molecule has 4 rings (SSSR count). The molecule has 24 heavy (non-hydrogen) atoms. The van der Waals surface area contributed by atoms with Crippen LogP contribution >= 0.6 is 12.4 Å². The molecule has 0 saturated carbocycles. The summed E-state index contributed by atoms with van der Waals surface area (Å²) in [6, 6.07) is 7.61. The second kappa shape index (κ2) is 6.67. The molecule has 1 aliphatic heterocycles. The highest BCUT2D eigenvalue weighted by atomic mass is 35.5. The van der Waals surface area contributed by atoms with Crippen molar-refractivity contribution < 1.29 is 9.21 Å². The van der Waals surface area contributed by atoms with Crippen LogP contribution in [0.4, 0.5) is 0 Å². The summed E-state index contributed by atoms with van der Waals surface area (Å²) in [5.74, 6) is 0.00491. The maximum atomic E-state index is 13.1. The summed E-state index contributed by atoms with van der Waals surface area (Å²) in [5.41, 5.74) is 2.40. The highest BCUT2D eigenvalue weighted by Gasteiger charge is 2.30. The quantitative estimate of drug-likeness (QED) is 0.773. The number of hydrogen-bond donors (Lipinski definition) is 1. The molecule has 3 aromatic rings. The van der Waals surface area contributed by atoms with Gasteiger partial charge in [-0.2, -0.15) is 5.10 Å². The number of aromatic nitrogens is 2. The number of benzene rings is 1. The molecule has 1 N–H and O–H groups in total. The number of furan rings is 1. The number of amides is 1. The largest absolute Gasteiger partial charge is 0.463 e. The normalized spacial score (nSPS) is 17.7. The molecule has 126 valence electrons. The first-order valence-corrected chi connectivity index (χ1v) is 7.70. The SMILES string of the molecule is Cl.Cn1cc(C2CNCCN2C(=O)c2coc3ccccc23)cn1. The Morgan fingerprint density at radius 3 is 3.00 bits per heavy atom. The number of halogens is 1. The van der Waals surface area contributed by atoms with Gasteiger partial charge < -0.3 is 14.6 Å². The first-order chi connectivity index (χ1) is 11.2. The van der Waals surface area contributed by atoms with Crippen LogP contribution in [-0.4, -0.2) is 40.2 Å². The van der Waals surface area contributed by atoms with E-state index in [1.165, 1.54) is 0 Å². The Morgan fingerprint density at radius 1 is 1.38 bits per heavy atom. The van der Waals surface area contributed by atoms with E-state index in [2.05, 4.69) is 10.4 Å². The van der Waals surface area contributed by atoms with Gasteiger partial charge in [0.15, 0.2) is 0 Å². The number of carbonyl (C=O) groups excluding carboxylic acids is 1. The van der Waals surface area contributed by atoms with E-state index in [4.69, 9.17) is 4.42 Å². The van der Waals surface area contributed by atoms with Crippen LogP contribution in [0.25, 0.3) is 11.0 Å². The fourth-order valence-corrected chi connectivity index (χ4v) is 3.16. The minimum atomic E-state index is -0.0152. The van der Waals surface area contributed by atoms with Gasteiger partial charge in [0.2, 0.25) is 0 Å². The fraction of sp³-hybridized carbons (Fsp3) is 0.294. The summed E-state index contributed by atoms with van der Waals surface area (Å²) < 4.78 is 7.29. The minimum absolute atomic E-state index is 0. The standard InChI is InChI=1S/C17H18N4O2.ClH/c1-20-10-12(8-19-20)15-9-18-6-7-21(15)17(22)14-11-23-16-5-3-2-4-13(14)16;/h2-5,8,10-11,15,18H,6-7,9H2,1H3;1H. The average Bonchev–Trinajstić information content (AvgIpc) is 3.20. The van der Waals surface area contributed by atoms with Crippen LogP contribution in [0.5, 0.6) is 0 Å². The van der Waals surface area contributed by atoms with Crippen molar-refractivity contribution in [1.29, 1.82) is 0 Å². The molecule has 1 amide bonds. The van der Waals surface area contributed by atoms with Gasteiger partial charge in [0.25, 0.3) is 5.91 Å². The number of para-hydroxylation sites is 1. The third-order valence-corrected chi connectivity index (χ3v) is 4.33. The van der Waals surface area contributed by atoms with Crippen molar-refractivity contribution in [3.63, 3.8) is 0 Å². The summed E-state index contributed by atoms with van der Waals surface area (Å²) in [6.07, 6.45) is 5.35. The summed E-state index contributed by atoms with van der Waals surface area (Å²) in [4.78, 5) is 15.0. The van der Waals surface area contributed by atoms with E-state index in [0.29, 0.717) is 12.1 Å². The Morgan fingerprint density at radius 2 is 2.21 bits per heavy atom. The molecule has 1 fully saturated rings. The van der Waals surface area contributed by atoms with Crippen molar-refractivity contribution >= 4 is 29.3 Å². The van der Waals surface area contributed by atoms with Gasteiger partial charge in [-0.15, -0.1) is 12.4 Å². The predicted molar refractivity (Wildman–Crippen MR) is 93.3 cm³/mol. The van der Waals surface area contributed by atoms with Crippen molar-refractivity contribution in [3.8, 4) is 0 Å². The van der Waals surface area contributed by atoms with Crippen molar-refractivity contribution in [3.05, 3.63) is 54.0 Å². The van der Waals surface area contributed by atoms with Crippen LogP contribution in [0, 0.1) is 0 Å². The molecular formula is C17H19ClN4O2. The van der Waals surface area contributed by atoms with Gasteiger partial charge in [0.05, 0.1) is 17.8 Å². The first kappa shape index (κ1) is 16.5. The number of rotatable bonds is 2. The lowest BCUT2D eigenvalue weighted by molar-refractivity contribution is 0.0635. The van der Waals surface area contributed by atoms with Gasteiger partial charge in [-0.1, -0.05) is 18.2 Å². The van der Waals surface area contributed by atoms with E-state index < -0.39 is 0 Å². The molecule has 1 aromatic carbocycles. The Labute approximate surface area is 145 Å². The number of hydrogen-bond acceptors (Lipinski definition) is 4. The van der Waals surface area contributed by atoms with Crippen LogP contribution in [0.15, 0.2) is 47.3 Å². The van der Waals surface area contributed by atoms with E-state index in [1.54, 1.807) is 10.9 Å². The zero-order valence-electron chi connectivity index (χ0n) is 13.3.